The van der Waals surface area contributed by atoms with E-state index in [1.807, 2.05) is 9.13 Å². The van der Waals surface area contributed by atoms with E-state index in [1.54, 1.807) is 0 Å². The third-order valence-electron chi connectivity index (χ3n) is 4.82. The third-order valence-corrected chi connectivity index (χ3v) is 4.82. The van der Waals surface area contributed by atoms with Crippen molar-refractivity contribution in [3.05, 3.63) is 88.3 Å². The van der Waals surface area contributed by atoms with Crippen LogP contribution in [0.15, 0.2) is 54.7 Å². The van der Waals surface area contributed by atoms with Gasteiger partial charge in [-0.05, 0) is 56.9 Å². The summed E-state index contributed by atoms with van der Waals surface area (Å²) in [5, 5.41) is 24.4. The highest BCUT2D eigenvalue weighted by Gasteiger charge is 2.14. The van der Waals surface area contributed by atoms with Gasteiger partial charge in [0.05, 0.1) is 11.4 Å². The zero-order valence-corrected chi connectivity index (χ0v) is 18.3. The van der Waals surface area contributed by atoms with E-state index < -0.39 is 11.9 Å². The lowest BCUT2D eigenvalue weighted by molar-refractivity contribution is -0.134. The molecule has 0 fully saturated rings. The van der Waals surface area contributed by atoms with Crippen molar-refractivity contribution < 1.29 is 19.8 Å². The number of rotatable bonds is 4. The molecule has 0 bridgehead atoms. The summed E-state index contributed by atoms with van der Waals surface area (Å²) >= 11 is 0. The molecule has 3 rings (SSSR count). The molecular weight excluding hydrogens is 394 g/mol. The molecule has 0 saturated carbocycles. The van der Waals surface area contributed by atoms with Crippen molar-refractivity contribution in [2.45, 2.75) is 34.6 Å². The maximum absolute atomic E-state index is 9.55. The van der Waals surface area contributed by atoms with E-state index in [4.69, 9.17) is 15.6 Å². The van der Waals surface area contributed by atoms with E-state index in [1.165, 1.54) is 22.3 Å². The summed E-state index contributed by atoms with van der Waals surface area (Å²) in [5.74, 6) is -2.51. The molecule has 0 unspecified atom stereocenters. The Hall–Kier alpha value is -3.87. The molecule has 3 N–H and O–H groups in total. The number of para-hydroxylation sites is 2. The molecule has 1 aromatic heterocycles. The van der Waals surface area contributed by atoms with Crippen LogP contribution in [0.2, 0.25) is 0 Å². The van der Waals surface area contributed by atoms with Gasteiger partial charge in [0.2, 0.25) is 5.62 Å². The van der Waals surface area contributed by atoms with Gasteiger partial charge < -0.3 is 10.2 Å². The quantitative estimate of drug-likeness (QED) is 0.553. The van der Waals surface area contributed by atoms with Crippen molar-refractivity contribution in [3.63, 3.8) is 0 Å². The Morgan fingerprint density at radius 1 is 0.774 bits per heavy atom. The lowest BCUT2D eigenvalue weighted by Crippen LogP contribution is -2.24. The number of hydrogen-bond acceptors (Lipinski definition) is 3. The molecule has 3 aromatic rings. The fourth-order valence-electron chi connectivity index (χ4n) is 3.52. The van der Waals surface area contributed by atoms with Gasteiger partial charge in [-0.2, -0.15) is 0 Å². The number of carbonyl (C=O) groups is 2. The Kier molecular flexibility index (Phi) is 7.37. The minimum atomic E-state index is -1.26. The number of benzene rings is 2. The summed E-state index contributed by atoms with van der Waals surface area (Å²) in [6.07, 6.45) is 3.17. The van der Waals surface area contributed by atoms with Crippen LogP contribution in [-0.4, -0.2) is 31.3 Å². The van der Waals surface area contributed by atoms with E-state index in [-0.39, 0.29) is 0 Å². The topological polar surface area (TPSA) is 108 Å². The first-order chi connectivity index (χ1) is 14.5. The maximum atomic E-state index is 9.55. The lowest BCUT2D eigenvalue weighted by atomic mass is 10.1. The maximum Gasteiger partial charge on any atom is 0.328 e. The standard InChI is InChI=1S/C20H23N3.C4H4O4/c1-13-8-6-9-14(2)18(13)22-12-17(5)23(20(22)21)19-15(3)10-7-11-16(19)4;5-3(6)1-2-4(7)8/h6-12,21H,1-5H3;1-2H,(H,5,6)(H,7,8)/b;2-1+. The highest BCUT2D eigenvalue weighted by atomic mass is 16.4. The Bertz CT molecular complexity index is 1160. The molecule has 0 aliphatic heterocycles. The van der Waals surface area contributed by atoms with E-state index in [9.17, 15) is 9.59 Å². The van der Waals surface area contributed by atoms with Crippen LogP contribution in [0, 0.1) is 40.0 Å². The van der Waals surface area contributed by atoms with Gasteiger partial charge in [-0.15, -0.1) is 0 Å². The first-order valence-corrected chi connectivity index (χ1v) is 9.67. The minimum absolute atomic E-state index is 0.484. The molecule has 7 nitrogen and oxygen atoms in total. The number of nitrogens with one attached hydrogen (secondary N) is 1. The van der Waals surface area contributed by atoms with E-state index in [0.717, 1.165) is 17.1 Å². The average Bonchev–Trinajstić information content (AvgIpc) is 2.95. The monoisotopic (exact) mass is 421 g/mol. The molecular formula is C24H27N3O4. The summed E-state index contributed by atoms with van der Waals surface area (Å²) < 4.78 is 4.03. The van der Waals surface area contributed by atoms with Crippen molar-refractivity contribution >= 4 is 11.9 Å². The van der Waals surface area contributed by atoms with Gasteiger partial charge in [0.15, 0.2) is 0 Å². The number of hydrogen-bond donors (Lipinski definition) is 3. The zero-order chi connectivity index (χ0) is 23.3. The summed E-state index contributed by atoms with van der Waals surface area (Å²) in [4.78, 5) is 19.1. The van der Waals surface area contributed by atoms with Crippen LogP contribution in [0.25, 0.3) is 11.4 Å². The zero-order valence-electron chi connectivity index (χ0n) is 18.3. The average molecular weight is 421 g/mol. The smallest absolute Gasteiger partial charge is 0.328 e. The fourth-order valence-corrected chi connectivity index (χ4v) is 3.52. The number of imidazole rings is 1. The van der Waals surface area contributed by atoms with Crippen molar-refractivity contribution in [2.75, 3.05) is 0 Å². The highest BCUT2D eigenvalue weighted by Crippen LogP contribution is 2.22. The second kappa shape index (κ2) is 9.75. The molecule has 0 radical (unpaired) electrons. The number of aromatic nitrogens is 2. The van der Waals surface area contributed by atoms with Crippen LogP contribution >= 0.6 is 0 Å². The van der Waals surface area contributed by atoms with Crippen LogP contribution in [0.3, 0.4) is 0 Å². The molecule has 0 aliphatic carbocycles. The van der Waals surface area contributed by atoms with Crippen molar-refractivity contribution in [3.8, 4) is 11.4 Å². The van der Waals surface area contributed by atoms with E-state index >= 15 is 0 Å². The summed E-state index contributed by atoms with van der Waals surface area (Å²) in [6.45, 7) is 10.5. The number of aliphatic carboxylic acids is 2. The Morgan fingerprint density at radius 3 is 1.55 bits per heavy atom. The molecule has 0 amide bonds. The molecule has 31 heavy (non-hydrogen) atoms. The Morgan fingerprint density at radius 2 is 1.16 bits per heavy atom. The van der Waals surface area contributed by atoms with Gasteiger partial charge >= 0.3 is 11.9 Å². The second-order valence-electron chi connectivity index (χ2n) is 7.29. The largest absolute Gasteiger partial charge is 0.478 e. The number of aryl methyl sites for hydroxylation is 5. The number of carboxylic acid groups (broad SMARTS) is 2. The van der Waals surface area contributed by atoms with Crippen LogP contribution in [0.5, 0.6) is 0 Å². The summed E-state index contributed by atoms with van der Waals surface area (Å²) in [7, 11) is 0. The normalized spacial score (nSPS) is 10.6. The minimum Gasteiger partial charge on any atom is -0.478 e. The van der Waals surface area contributed by atoms with E-state index in [2.05, 4.69) is 77.2 Å². The van der Waals surface area contributed by atoms with Crippen LogP contribution in [0.4, 0.5) is 0 Å². The van der Waals surface area contributed by atoms with Gasteiger partial charge in [-0.3, -0.25) is 14.5 Å². The Labute approximate surface area is 181 Å². The molecule has 2 aromatic carbocycles. The number of carboxylic acids is 2. The summed E-state index contributed by atoms with van der Waals surface area (Å²) in [5.41, 5.74) is 8.50. The number of nitrogens with zero attached hydrogens (tertiary/aromatic N) is 2. The SMILES string of the molecule is Cc1cccc(C)c1-n1cc(C)n(-c2c(C)cccc2C)c1=N.O=C(O)/C=C/C(=O)O. The highest BCUT2D eigenvalue weighted by molar-refractivity contribution is 5.89. The molecule has 0 atom stereocenters. The lowest BCUT2D eigenvalue weighted by Gasteiger charge is -2.13. The van der Waals surface area contributed by atoms with E-state index in [0.29, 0.717) is 17.8 Å². The molecule has 1 heterocycles. The van der Waals surface area contributed by atoms with Gasteiger partial charge in [0.1, 0.15) is 0 Å². The van der Waals surface area contributed by atoms with Gasteiger partial charge in [0.25, 0.3) is 0 Å². The van der Waals surface area contributed by atoms with Crippen molar-refractivity contribution in [1.82, 2.24) is 9.13 Å². The molecule has 0 aliphatic rings. The first kappa shape index (κ1) is 23.4. The van der Waals surface area contributed by atoms with Crippen LogP contribution < -0.4 is 5.62 Å². The van der Waals surface area contributed by atoms with Gasteiger partial charge in [-0.1, -0.05) is 36.4 Å². The predicted molar refractivity (Wildman–Crippen MR) is 119 cm³/mol. The third kappa shape index (κ3) is 5.39. The fraction of sp³-hybridized carbons (Fsp3) is 0.208. The Balaban J connectivity index is 0.000000366. The summed E-state index contributed by atoms with van der Waals surface area (Å²) in [6, 6.07) is 12.5. The van der Waals surface area contributed by atoms with Crippen LogP contribution in [-0.2, 0) is 9.59 Å². The van der Waals surface area contributed by atoms with Crippen molar-refractivity contribution in [2.24, 2.45) is 0 Å². The van der Waals surface area contributed by atoms with Crippen molar-refractivity contribution in [1.29, 1.82) is 5.41 Å². The molecule has 0 saturated heterocycles. The molecule has 162 valence electrons. The first-order valence-electron chi connectivity index (χ1n) is 9.67. The van der Waals surface area contributed by atoms with Gasteiger partial charge in [0, 0.05) is 24.0 Å². The molecule has 0 spiro atoms. The second-order valence-corrected chi connectivity index (χ2v) is 7.29. The molecule has 7 heteroatoms. The predicted octanol–water partition coefficient (Wildman–Crippen LogP) is 4.00. The van der Waals surface area contributed by atoms with Gasteiger partial charge in [-0.25, -0.2) is 9.59 Å². The van der Waals surface area contributed by atoms with Crippen LogP contribution in [0.1, 0.15) is 27.9 Å².